The first kappa shape index (κ1) is 6.95. The van der Waals surface area contributed by atoms with Gasteiger partial charge in [-0.3, -0.25) is 0 Å². The highest BCUT2D eigenvalue weighted by molar-refractivity contribution is 5.73. The topological polar surface area (TPSA) is 42.7 Å². The number of pyridine rings is 1. The molecule has 1 aliphatic carbocycles. The van der Waals surface area contributed by atoms with E-state index in [0.29, 0.717) is 11.6 Å². The van der Waals surface area contributed by atoms with E-state index in [-0.39, 0.29) is 0 Å². The number of aromatic amines is 1. The van der Waals surface area contributed by atoms with Gasteiger partial charge in [0.25, 0.3) is 5.65 Å². The van der Waals surface area contributed by atoms with Crippen molar-refractivity contribution in [2.75, 3.05) is 0 Å². The van der Waals surface area contributed by atoms with Crippen LogP contribution in [0.25, 0.3) is 11.0 Å². The average Bonchev–Trinajstić information content (AvgIpc) is 2.87. The minimum atomic E-state index is 0.674. The van der Waals surface area contributed by atoms with Gasteiger partial charge in [-0.05, 0) is 31.0 Å². The number of H-pyrrole nitrogens is 1. The summed E-state index contributed by atoms with van der Waals surface area (Å²) in [4.78, 5) is 3.18. The molecule has 66 valence electrons. The molecule has 0 aromatic carbocycles. The third kappa shape index (κ3) is 1.00. The Morgan fingerprint density at radius 3 is 3.00 bits per heavy atom. The molecule has 0 spiro atoms. The van der Waals surface area contributed by atoms with Crippen LogP contribution in [0.4, 0.5) is 0 Å². The second kappa shape index (κ2) is 2.25. The van der Waals surface area contributed by atoms with Crippen molar-refractivity contribution in [1.82, 2.24) is 4.98 Å². The van der Waals surface area contributed by atoms with E-state index in [9.17, 15) is 5.21 Å². The highest BCUT2D eigenvalue weighted by Gasteiger charge is 2.28. The van der Waals surface area contributed by atoms with Crippen LogP contribution < -0.4 is 4.73 Å². The average molecular weight is 174 g/mol. The molecule has 2 aromatic rings. The van der Waals surface area contributed by atoms with E-state index in [4.69, 9.17) is 0 Å². The van der Waals surface area contributed by atoms with Gasteiger partial charge in [0, 0.05) is 5.92 Å². The fourth-order valence-corrected chi connectivity index (χ4v) is 1.70. The van der Waals surface area contributed by atoms with Gasteiger partial charge in [0.2, 0.25) is 0 Å². The van der Waals surface area contributed by atoms with Gasteiger partial charge in [-0.1, -0.05) is 0 Å². The van der Waals surface area contributed by atoms with Crippen molar-refractivity contribution in [3.05, 3.63) is 35.3 Å². The molecule has 0 atom stereocenters. The molecule has 3 nitrogen and oxygen atoms in total. The maximum atomic E-state index is 11.3. The zero-order valence-corrected chi connectivity index (χ0v) is 7.16. The zero-order chi connectivity index (χ0) is 8.84. The Morgan fingerprint density at radius 1 is 1.46 bits per heavy atom. The lowest BCUT2D eigenvalue weighted by molar-refractivity contribution is -0.579. The lowest BCUT2D eigenvalue weighted by Gasteiger charge is -1.99. The summed E-state index contributed by atoms with van der Waals surface area (Å²) in [5.41, 5.74) is 1.90. The Hall–Kier alpha value is -1.51. The van der Waals surface area contributed by atoms with Gasteiger partial charge >= 0.3 is 0 Å². The second-order valence-electron chi connectivity index (χ2n) is 3.64. The molecule has 2 aromatic heterocycles. The molecule has 0 radical (unpaired) electrons. The summed E-state index contributed by atoms with van der Waals surface area (Å²) in [6, 6.07) is 5.83. The maximum Gasteiger partial charge on any atom is 0.289 e. The largest absolute Gasteiger partial charge is 0.711 e. The highest BCUT2D eigenvalue weighted by atomic mass is 16.5. The quantitative estimate of drug-likeness (QED) is 0.518. The van der Waals surface area contributed by atoms with E-state index >= 15 is 0 Å². The van der Waals surface area contributed by atoms with E-state index < -0.39 is 0 Å². The fraction of sp³-hybridized carbons (Fsp3) is 0.300. The monoisotopic (exact) mass is 174 g/mol. The molecular formula is C10H10N2O. The SMILES string of the molecule is [O-][n+]1cccc2cc(C3CC3)[nH]c21. The molecule has 0 amide bonds. The van der Waals surface area contributed by atoms with Gasteiger partial charge in [-0.15, -0.1) is 0 Å². The molecule has 3 heteroatoms. The van der Waals surface area contributed by atoms with Crippen molar-refractivity contribution in [2.24, 2.45) is 0 Å². The molecular weight excluding hydrogens is 164 g/mol. The minimum absolute atomic E-state index is 0.674. The Bertz CT molecular complexity index is 457. The van der Waals surface area contributed by atoms with Crippen LogP contribution in [0.3, 0.4) is 0 Å². The fourth-order valence-electron chi connectivity index (χ4n) is 1.70. The molecule has 2 heterocycles. The first-order valence-electron chi connectivity index (χ1n) is 4.55. The van der Waals surface area contributed by atoms with Crippen molar-refractivity contribution in [3.63, 3.8) is 0 Å². The van der Waals surface area contributed by atoms with Crippen molar-refractivity contribution < 1.29 is 4.73 Å². The normalized spacial score (nSPS) is 16.6. The molecule has 0 aliphatic heterocycles. The predicted octanol–water partition coefficient (Wildman–Crippen LogP) is 1.68. The van der Waals surface area contributed by atoms with Crippen molar-refractivity contribution in [3.8, 4) is 0 Å². The van der Waals surface area contributed by atoms with E-state index in [1.165, 1.54) is 24.7 Å². The van der Waals surface area contributed by atoms with E-state index in [0.717, 1.165) is 10.1 Å². The molecule has 13 heavy (non-hydrogen) atoms. The standard InChI is InChI=1S/C10H10N2O/c13-12-5-1-2-8-6-9(7-3-4-7)11-10(8)12/h1-2,5-7,11H,3-4H2. The third-order valence-electron chi connectivity index (χ3n) is 2.58. The van der Waals surface area contributed by atoms with Gasteiger partial charge in [0.05, 0.1) is 11.6 Å². The molecule has 0 bridgehead atoms. The van der Waals surface area contributed by atoms with E-state index in [2.05, 4.69) is 11.1 Å². The van der Waals surface area contributed by atoms with Gasteiger partial charge in [0.1, 0.15) is 5.69 Å². The number of nitrogens with zero attached hydrogens (tertiary/aromatic N) is 1. The number of rotatable bonds is 1. The lowest BCUT2D eigenvalue weighted by atomic mass is 10.2. The van der Waals surface area contributed by atoms with E-state index in [1.807, 2.05) is 6.07 Å². The van der Waals surface area contributed by atoms with Crippen molar-refractivity contribution in [1.29, 1.82) is 0 Å². The molecule has 3 rings (SSSR count). The Labute approximate surface area is 75.6 Å². The maximum absolute atomic E-state index is 11.3. The van der Waals surface area contributed by atoms with Crippen LogP contribution in [-0.4, -0.2) is 4.98 Å². The zero-order valence-electron chi connectivity index (χ0n) is 7.16. The van der Waals surface area contributed by atoms with Crippen LogP contribution in [0, 0.1) is 5.21 Å². The molecule has 1 N–H and O–H groups in total. The van der Waals surface area contributed by atoms with Gasteiger partial charge < -0.3 is 5.21 Å². The molecule has 1 saturated carbocycles. The van der Waals surface area contributed by atoms with Crippen molar-refractivity contribution >= 4 is 11.0 Å². The lowest BCUT2D eigenvalue weighted by Crippen LogP contribution is -2.25. The number of nitrogens with one attached hydrogen (secondary N) is 1. The van der Waals surface area contributed by atoms with Crippen LogP contribution in [0.5, 0.6) is 0 Å². The summed E-state index contributed by atoms with van der Waals surface area (Å²) < 4.78 is 0.890. The van der Waals surface area contributed by atoms with Gasteiger partial charge in [-0.25, -0.2) is 9.71 Å². The highest BCUT2D eigenvalue weighted by Crippen LogP contribution is 2.40. The van der Waals surface area contributed by atoms with Crippen LogP contribution >= 0.6 is 0 Å². The molecule has 1 aliphatic rings. The second-order valence-corrected chi connectivity index (χ2v) is 3.64. The van der Waals surface area contributed by atoms with E-state index in [1.54, 1.807) is 6.07 Å². The van der Waals surface area contributed by atoms with Crippen molar-refractivity contribution in [2.45, 2.75) is 18.8 Å². The summed E-state index contributed by atoms with van der Waals surface area (Å²) in [6.45, 7) is 0. The van der Waals surface area contributed by atoms with Gasteiger partial charge in [-0.2, -0.15) is 0 Å². The summed E-state index contributed by atoms with van der Waals surface area (Å²) >= 11 is 0. The molecule has 0 unspecified atom stereocenters. The summed E-state index contributed by atoms with van der Waals surface area (Å²) in [7, 11) is 0. The predicted molar refractivity (Wildman–Crippen MR) is 49.2 cm³/mol. The summed E-state index contributed by atoms with van der Waals surface area (Å²) in [5, 5.41) is 12.3. The summed E-state index contributed by atoms with van der Waals surface area (Å²) in [6.07, 6.45) is 4.03. The molecule has 1 fully saturated rings. The smallest absolute Gasteiger partial charge is 0.289 e. The number of aromatic nitrogens is 2. The van der Waals surface area contributed by atoms with Crippen LogP contribution in [0.2, 0.25) is 0 Å². The Balaban J connectivity index is 2.26. The Morgan fingerprint density at radius 2 is 2.31 bits per heavy atom. The number of hydrogen-bond acceptors (Lipinski definition) is 1. The number of hydrogen-bond donors (Lipinski definition) is 1. The number of fused-ring (bicyclic) bond motifs is 1. The first-order chi connectivity index (χ1) is 6.34. The van der Waals surface area contributed by atoms with Crippen LogP contribution in [-0.2, 0) is 0 Å². The summed E-state index contributed by atoms with van der Waals surface area (Å²) in [5.74, 6) is 0.674. The molecule has 0 saturated heterocycles. The minimum Gasteiger partial charge on any atom is -0.711 e. The van der Waals surface area contributed by atoms with Crippen LogP contribution in [0.15, 0.2) is 24.4 Å². The first-order valence-corrected chi connectivity index (χ1v) is 4.55. The van der Waals surface area contributed by atoms with Crippen LogP contribution in [0.1, 0.15) is 24.5 Å². The third-order valence-corrected chi connectivity index (χ3v) is 2.58. The Kier molecular flexibility index (Phi) is 1.20. The van der Waals surface area contributed by atoms with Gasteiger partial charge in [0.15, 0.2) is 0 Å².